The molecule has 0 radical (unpaired) electrons. The molecule has 1 aromatic carbocycles. The fourth-order valence-corrected chi connectivity index (χ4v) is 2.53. The quantitative estimate of drug-likeness (QED) is 0.670. The Bertz CT molecular complexity index is 572. The SMILES string of the molecule is C=CCc1sc(C(=O)OCc2ccccc2)cc1O. The minimum absolute atomic E-state index is 0.122. The number of ether oxygens (including phenoxy) is 1. The summed E-state index contributed by atoms with van der Waals surface area (Å²) in [7, 11) is 0. The number of hydrogen-bond acceptors (Lipinski definition) is 4. The number of thiophene rings is 1. The van der Waals surface area contributed by atoms with Crippen LogP contribution in [0.25, 0.3) is 0 Å². The molecular weight excluding hydrogens is 260 g/mol. The smallest absolute Gasteiger partial charge is 0.348 e. The van der Waals surface area contributed by atoms with E-state index >= 15 is 0 Å². The van der Waals surface area contributed by atoms with Gasteiger partial charge in [-0.1, -0.05) is 36.4 Å². The van der Waals surface area contributed by atoms with E-state index < -0.39 is 5.97 Å². The molecule has 19 heavy (non-hydrogen) atoms. The van der Waals surface area contributed by atoms with E-state index in [1.807, 2.05) is 30.3 Å². The molecule has 0 saturated heterocycles. The van der Waals surface area contributed by atoms with Crippen LogP contribution in [0.3, 0.4) is 0 Å². The van der Waals surface area contributed by atoms with Gasteiger partial charge < -0.3 is 9.84 Å². The van der Waals surface area contributed by atoms with E-state index in [-0.39, 0.29) is 12.4 Å². The molecule has 4 heteroatoms. The Morgan fingerprint density at radius 3 is 2.79 bits per heavy atom. The van der Waals surface area contributed by atoms with E-state index in [0.29, 0.717) is 11.3 Å². The maximum absolute atomic E-state index is 11.8. The molecule has 0 aliphatic carbocycles. The molecule has 0 amide bonds. The van der Waals surface area contributed by atoms with Crippen LogP contribution in [0.5, 0.6) is 5.75 Å². The Kier molecular flexibility index (Phi) is 4.36. The van der Waals surface area contributed by atoms with Crippen LogP contribution in [0.2, 0.25) is 0 Å². The summed E-state index contributed by atoms with van der Waals surface area (Å²) in [5.74, 6) is -0.295. The number of allylic oxidation sites excluding steroid dienone is 1. The molecular formula is C15H14O3S. The first-order valence-electron chi connectivity index (χ1n) is 5.84. The molecule has 2 aromatic rings. The molecule has 1 N–H and O–H groups in total. The number of aromatic hydroxyl groups is 1. The lowest BCUT2D eigenvalue weighted by atomic mass is 10.2. The Morgan fingerprint density at radius 2 is 2.11 bits per heavy atom. The highest BCUT2D eigenvalue weighted by molar-refractivity contribution is 7.14. The van der Waals surface area contributed by atoms with E-state index in [1.165, 1.54) is 17.4 Å². The summed E-state index contributed by atoms with van der Waals surface area (Å²) < 4.78 is 5.20. The molecule has 98 valence electrons. The molecule has 0 saturated carbocycles. The van der Waals surface area contributed by atoms with Crippen LogP contribution in [-0.2, 0) is 17.8 Å². The molecule has 1 heterocycles. The van der Waals surface area contributed by atoms with E-state index in [9.17, 15) is 9.90 Å². The van der Waals surface area contributed by atoms with E-state index in [0.717, 1.165) is 10.4 Å². The molecule has 0 spiro atoms. The van der Waals surface area contributed by atoms with Crippen molar-refractivity contribution >= 4 is 17.3 Å². The van der Waals surface area contributed by atoms with Gasteiger partial charge in [-0.15, -0.1) is 17.9 Å². The molecule has 2 rings (SSSR count). The van der Waals surface area contributed by atoms with Gasteiger partial charge in [0.1, 0.15) is 17.2 Å². The van der Waals surface area contributed by atoms with Crippen molar-refractivity contribution in [3.05, 3.63) is 64.4 Å². The Hall–Kier alpha value is -2.07. The number of carbonyl (C=O) groups excluding carboxylic acids is 1. The van der Waals surface area contributed by atoms with Gasteiger partial charge in [0, 0.05) is 12.5 Å². The molecule has 0 fully saturated rings. The number of esters is 1. The number of benzene rings is 1. The molecule has 3 nitrogen and oxygen atoms in total. The van der Waals surface area contributed by atoms with Gasteiger partial charge in [-0.2, -0.15) is 0 Å². The van der Waals surface area contributed by atoms with Gasteiger partial charge in [0.05, 0.1) is 4.88 Å². The molecule has 0 unspecified atom stereocenters. The third-order valence-corrected chi connectivity index (χ3v) is 3.66. The zero-order chi connectivity index (χ0) is 13.7. The monoisotopic (exact) mass is 274 g/mol. The highest BCUT2D eigenvalue weighted by atomic mass is 32.1. The van der Waals surface area contributed by atoms with Gasteiger partial charge in [0.25, 0.3) is 0 Å². The zero-order valence-corrected chi connectivity index (χ0v) is 11.2. The summed E-state index contributed by atoms with van der Waals surface area (Å²) in [6.07, 6.45) is 2.23. The van der Waals surface area contributed by atoms with Crippen molar-refractivity contribution in [1.82, 2.24) is 0 Å². The van der Waals surface area contributed by atoms with Crippen LogP contribution in [0.4, 0.5) is 0 Å². The van der Waals surface area contributed by atoms with Crippen LogP contribution in [0.1, 0.15) is 20.1 Å². The maximum atomic E-state index is 11.8. The summed E-state index contributed by atoms with van der Waals surface area (Å²) in [6, 6.07) is 10.9. The Labute approximate surface area is 115 Å². The van der Waals surface area contributed by atoms with Crippen molar-refractivity contribution in [2.45, 2.75) is 13.0 Å². The Morgan fingerprint density at radius 1 is 1.37 bits per heavy atom. The van der Waals surface area contributed by atoms with Gasteiger partial charge in [0.15, 0.2) is 0 Å². The van der Waals surface area contributed by atoms with Gasteiger partial charge in [-0.25, -0.2) is 4.79 Å². The van der Waals surface area contributed by atoms with Gasteiger partial charge in [-0.3, -0.25) is 0 Å². The molecule has 0 atom stereocenters. The van der Waals surface area contributed by atoms with Crippen LogP contribution >= 0.6 is 11.3 Å². The molecule has 0 aliphatic heterocycles. The summed E-state index contributed by atoms with van der Waals surface area (Å²) in [5.41, 5.74) is 0.933. The third kappa shape index (κ3) is 3.45. The highest BCUT2D eigenvalue weighted by Gasteiger charge is 2.14. The lowest BCUT2D eigenvalue weighted by Gasteiger charge is -2.02. The van der Waals surface area contributed by atoms with Crippen LogP contribution in [0, 0.1) is 0 Å². The van der Waals surface area contributed by atoms with Crippen molar-refractivity contribution in [3.8, 4) is 5.75 Å². The fourth-order valence-electron chi connectivity index (χ4n) is 1.59. The van der Waals surface area contributed by atoms with Crippen LogP contribution in [-0.4, -0.2) is 11.1 Å². The summed E-state index contributed by atoms with van der Waals surface area (Å²) in [5, 5.41) is 9.65. The first-order valence-corrected chi connectivity index (χ1v) is 6.66. The van der Waals surface area contributed by atoms with Crippen molar-refractivity contribution in [1.29, 1.82) is 0 Å². The lowest BCUT2D eigenvalue weighted by Crippen LogP contribution is -2.02. The number of hydrogen-bond donors (Lipinski definition) is 1. The van der Waals surface area contributed by atoms with Gasteiger partial charge >= 0.3 is 5.97 Å². The summed E-state index contributed by atoms with van der Waals surface area (Å²) >= 11 is 1.23. The maximum Gasteiger partial charge on any atom is 0.348 e. The molecule has 1 aromatic heterocycles. The normalized spacial score (nSPS) is 10.1. The predicted octanol–water partition coefficient (Wildman–Crippen LogP) is 3.54. The fraction of sp³-hybridized carbons (Fsp3) is 0.133. The predicted molar refractivity (Wildman–Crippen MR) is 75.4 cm³/mol. The highest BCUT2D eigenvalue weighted by Crippen LogP contribution is 2.29. The topological polar surface area (TPSA) is 46.5 Å². The molecule has 0 bridgehead atoms. The van der Waals surface area contributed by atoms with Crippen molar-refractivity contribution in [2.24, 2.45) is 0 Å². The van der Waals surface area contributed by atoms with E-state index in [2.05, 4.69) is 6.58 Å². The molecule has 0 aliphatic rings. The Balaban J connectivity index is 2.00. The first kappa shape index (κ1) is 13.4. The number of rotatable bonds is 5. The largest absolute Gasteiger partial charge is 0.507 e. The summed E-state index contributed by atoms with van der Waals surface area (Å²) in [4.78, 5) is 13.0. The first-order chi connectivity index (χ1) is 9.20. The standard InChI is InChI=1S/C15H14O3S/c1-2-6-13-12(16)9-14(19-13)15(17)18-10-11-7-4-3-5-8-11/h2-5,7-9,16H,1,6,10H2. The average molecular weight is 274 g/mol. The summed E-state index contributed by atoms with van der Waals surface area (Å²) in [6.45, 7) is 3.84. The second-order valence-electron chi connectivity index (χ2n) is 3.97. The van der Waals surface area contributed by atoms with Crippen molar-refractivity contribution in [3.63, 3.8) is 0 Å². The average Bonchev–Trinajstić information content (AvgIpc) is 2.79. The van der Waals surface area contributed by atoms with Gasteiger partial charge in [0.2, 0.25) is 0 Å². The van der Waals surface area contributed by atoms with Gasteiger partial charge in [-0.05, 0) is 5.56 Å². The zero-order valence-electron chi connectivity index (χ0n) is 10.3. The van der Waals surface area contributed by atoms with Crippen LogP contribution < -0.4 is 0 Å². The second kappa shape index (κ2) is 6.20. The van der Waals surface area contributed by atoms with Crippen molar-refractivity contribution < 1.29 is 14.6 Å². The van der Waals surface area contributed by atoms with E-state index in [4.69, 9.17) is 4.74 Å². The lowest BCUT2D eigenvalue weighted by molar-refractivity contribution is 0.0478. The van der Waals surface area contributed by atoms with Crippen molar-refractivity contribution in [2.75, 3.05) is 0 Å². The third-order valence-electron chi connectivity index (χ3n) is 2.53. The minimum atomic E-state index is -0.417. The van der Waals surface area contributed by atoms with Crippen LogP contribution in [0.15, 0.2) is 49.1 Å². The second-order valence-corrected chi connectivity index (χ2v) is 5.11. The van der Waals surface area contributed by atoms with E-state index in [1.54, 1.807) is 6.08 Å². The minimum Gasteiger partial charge on any atom is -0.507 e. The number of carbonyl (C=O) groups is 1.